The number of aromatic nitrogens is 2. The molecule has 0 aliphatic heterocycles. The van der Waals surface area contributed by atoms with E-state index < -0.39 is 0 Å². The lowest BCUT2D eigenvalue weighted by Crippen LogP contribution is -2.05. The van der Waals surface area contributed by atoms with Gasteiger partial charge >= 0.3 is 0 Å². The first-order valence-corrected chi connectivity index (χ1v) is 4.83. The molecular weight excluding hydrogens is 218 g/mol. The fourth-order valence-corrected chi connectivity index (χ4v) is 1.41. The van der Waals surface area contributed by atoms with Crippen molar-refractivity contribution in [3.63, 3.8) is 0 Å². The summed E-state index contributed by atoms with van der Waals surface area (Å²) in [6.07, 6.45) is 0. The van der Waals surface area contributed by atoms with Crippen LogP contribution in [0.25, 0.3) is 0 Å². The topological polar surface area (TPSA) is 40.7 Å². The molecule has 0 saturated carbocycles. The van der Waals surface area contributed by atoms with Gasteiger partial charge in [-0.25, -0.2) is 4.98 Å². The first-order chi connectivity index (χ1) is 5.65. The largest absolute Gasteiger partial charge is 0.344 e. The summed E-state index contributed by atoms with van der Waals surface area (Å²) in [4.78, 5) is 7.61. The average molecular weight is 232 g/mol. The normalized spacial score (nSPS) is 11.1. The Morgan fingerprint density at radius 1 is 1.58 bits per heavy atom. The van der Waals surface area contributed by atoms with E-state index in [-0.39, 0.29) is 0 Å². The molecule has 0 aliphatic carbocycles. The minimum absolute atomic E-state index is 0.451. The maximum atomic E-state index is 4.35. The minimum atomic E-state index is 0.451. The molecule has 1 heterocycles. The molecule has 1 rings (SSSR count). The smallest absolute Gasteiger partial charge is 0.128 e. The van der Waals surface area contributed by atoms with Crippen molar-refractivity contribution in [3.05, 3.63) is 16.1 Å². The predicted octanol–water partition coefficient (Wildman–Crippen LogP) is 2.01. The molecule has 0 saturated heterocycles. The summed E-state index contributed by atoms with van der Waals surface area (Å²) in [5, 5.41) is 3.08. The van der Waals surface area contributed by atoms with Gasteiger partial charge in [-0.1, -0.05) is 13.8 Å². The Morgan fingerprint density at radius 3 is 2.67 bits per heavy atom. The third kappa shape index (κ3) is 2.08. The molecule has 0 aromatic carbocycles. The van der Waals surface area contributed by atoms with Gasteiger partial charge in [0.25, 0.3) is 0 Å². The number of nitrogens with zero attached hydrogens (tertiary/aromatic N) is 1. The average Bonchev–Trinajstić information content (AvgIpc) is 2.34. The van der Waals surface area contributed by atoms with Gasteiger partial charge in [0.05, 0.1) is 5.69 Å². The summed E-state index contributed by atoms with van der Waals surface area (Å²) in [5.41, 5.74) is 1.11. The molecule has 1 aromatic rings. The summed E-state index contributed by atoms with van der Waals surface area (Å²) in [6, 6.07) is 0. The maximum absolute atomic E-state index is 4.35. The molecule has 0 fully saturated rings. The van der Waals surface area contributed by atoms with Crippen LogP contribution in [0.4, 0.5) is 0 Å². The van der Waals surface area contributed by atoms with Gasteiger partial charge in [-0.2, -0.15) is 0 Å². The molecule has 12 heavy (non-hydrogen) atoms. The van der Waals surface area contributed by atoms with E-state index in [2.05, 4.69) is 45.1 Å². The molecular formula is C8H14BrN3. The lowest BCUT2D eigenvalue weighted by atomic mass is 10.2. The number of nitrogens with one attached hydrogen (secondary N) is 2. The molecule has 3 nitrogen and oxygen atoms in total. The highest BCUT2D eigenvalue weighted by Crippen LogP contribution is 2.18. The second-order valence-corrected chi connectivity index (χ2v) is 3.83. The molecule has 0 radical (unpaired) electrons. The number of hydrogen-bond acceptors (Lipinski definition) is 2. The van der Waals surface area contributed by atoms with Crippen LogP contribution in [0.3, 0.4) is 0 Å². The summed E-state index contributed by atoms with van der Waals surface area (Å²) in [6.45, 7) is 5.06. The first kappa shape index (κ1) is 9.74. The number of H-pyrrole nitrogens is 1. The Hall–Kier alpha value is -0.350. The molecule has 0 unspecified atom stereocenters. The molecule has 0 atom stereocenters. The van der Waals surface area contributed by atoms with Crippen LogP contribution in [0.15, 0.2) is 4.60 Å². The van der Waals surface area contributed by atoms with Gasteiger partial charge in [-0.15, -0.1) is 0 Å². The van der Waals surface area contributed by atoms with E-state index in [9.17, 15) is 0 Å². The van der Waals surface area contributed by atoms with Crippen LogP contribution in [-0.2, 0) is 6.54 Å². The summed E-state index contributed by atoms with van der Waals surface area (Å²) in [7, 11) is 1.92. The quantitative estimate of drug-likeness (QED) is 0.836. The van der Waals surface area contributed by atoms with Crippen LogP contribution < -0.4 is 5.32 Å². The lowest BCUT2D eigenvalue weighted by Gasteiger charge is -1.97. The Labute approximate surface area is 81.1 Å². The summed E-state index contributed by atoms with van der Waals surface area (Å²) < 4.78 is 0.917. The van der Waals surface area contributed by atoms with E-state index in [0.29, 0.717) is 5.92 Å². The van der Waals surface area contributed by atoms with E-state index in [0.717, 1.165) is 22.7 Å². The van der Waals surface area contributed by atoms with Crippen LogP contribution in [0.2, 0.25) is 0 Å². The Morgan fingerprint density at radius 2 is 2.25 bits per heavy atom. The van der Waals surface area contributed by atoms with Crippen LogP contribution in [0.5, 0.6) is 0 Å². The van der Waals surface area contributed by atoms with Crippen molar-refractivity contribution in [2.45, 2.75) is 26.3 Å². The zero-order chi connectivity index (χ0) is 9.14. The minimum Gasteiger partial charge on any atom is -0.344 e. The van der Waals surface area contributed by atoms with E-state index >= 15 is 0 Å². The van der Waals surface area contributed by atoms with Crippen molar-refractivity contribution < 1.29 is 0 Å². The van der Waals surface area contributed by atoms with E-state index in [1.807, 2.05) is 7.05 Å². The van der Waals surface area contributed by atoms with Gasteiger partial charge in [0, 0.05) is 12.5 Å². The third-order valence-corrected chi connectivity index (χ3v) is 2.30. The van der Waals surface area contributed by atoms with Crippen molar-refractivity contribution in [2.75, 3.05) is 7.05 Å². The standard InChI is InChI=1S/C8H14BrN3/c1-5(2)8-11-6(4-10-3)7(9)12-8/h5,10H,4H2,1-3H3,(H,11,12). The van der Waals surface area contributed by atoms with Gasteiger partial charge in [-0.05, 0) is 23.0 Å². The second-order valence-electron chi connectivity index (χ2n) is 3.08. The van der Waals surface area contributed by atoms with E-state index in [4.69, 9.17) is 0 Å². The second kappa shape index (κ2) is 4.05. The van der Waals surface area contributed by atoms with Crippen molar-refractivity contribution in [3.8, 4) is 0 Å². The van der Waals surface area contributed by atoms with Crippen LogP contribution in [0, 0.1) is 0 Å². The summed E-state index contributed by atoms with van der Waals surface area (Å²) >= 11 is 3.40. The molecule has 0 amide bonds. The molecule has 4 heteroatoms. The fraction of sp³-hybridized carbons (Fsp3) is 0.625. The van der Waals surface area contributed by atoms with Crippen LogP contribution in [-0.4, -0.2) is 17.0 Å². The molecule has 68 valence electrons. The summed E-state index contributed by atoms with van der Waals surface area (Å²) in [5.74, 6) is 1.49. The third-order valence-electron chi connectivity index (χ3n) is 1.65. The molecule has 2 N–H and O–H groups in total. The first-order valence-electron chi connectivity index (χ1n) is 4.04. The van der Waals surface area contributed by atoms with Crippen LogP contribution in [0.1, 0.15) is 31.3 Å². The highest BCUT2D eigenvalue weighted by Gasteiger charge is 2.08. The maximum Gasteiger partial charge on any atom is 0.128 e. The number of halogens is 1. The monoisotopic (exact) mass is 231 g/mol. The van der Waals surface area contributed by atoms with Crippen molar-refractivity contribution in [2.24, 2.45) is 0 Å². The van der Waals surface area contributed by atoms with Crippen molar-refractivity contribution in [1.29, 1.82) is 0 Å². The zero-order valence-corrected chi connectivity index (χ0v) is 9.20. The van der Waals surface area contributed by atoms with Gasteiger partial charge in [0.15, 0.2) is 0 Å². The SMILES string of the molecule is CNCc1[nH]c(C(C)C)nc1Br. The zero-order valence-electron chi connectivity index (χ0n) is 7.61. The van der Waals surface area contributed by atoms with Crippen LogP contribution >= 0.6 is 15.9 Å². The number of aromatic amines is 1. The lowest BCUT2D eigenvalue weighted by molar-refractivity contribution is 0.764. The highest BCUT2D eigenvalue weighted by atomic mass is 79.9. The number of imidazole rings is 1. The van der Waals surface area contributed by atoms with E-state index in [1.165, 1.54) is 0 Å². The van der Waals surface area contributed by atoms with Crippen molar-refractivity contribution in [1.82, 2.24) is 15.3 Å². The Balaban J connectivity index is 2.85. The van der Waals surface area contributed by atoms with Crippen molar-refractivity contribution >= 4 is 15.9 Å². The molecule has 0 bridgehead atoms. The fourth-order valence-electron chi connectivity index (χ4n) is 0.975. The highest BCUT2D eigenvalue weighted by molar-refractivity contribution is 9.10. The Kier molecular flexibility index (Phi) is 3.29. The molecule has 1 aromatic heterocycles. The van der Waals surface area contributed by atoms with Gasteiger partial charge < -0.3 is 10.3 Å². The number of hydrogen-bond donors (Lipinski definition) is 2. The van der Waals surface area contributed by atoms with Gasteiger partial charge in [-0.3, -0.25) is 0 Å². The molecule has 0 spiro atoms. The van der Waals surface area contributed by atoms with Gasteiger partial charge in [0.1, 0.15) is 10.4 Å². The van der Waals surface area contributed by atoms with E-state index in [1.54, 1.807) is 0 Å². The predicted molar refractivity (Wildman–Crippen MR) is 53.1 cm³/mol. The molecule has 0 aliphatic rings. The Bertz CT molecular complexity index is 255. The van der Waals surface area contributed by atoms with Gasteiger partial charge in [0.2, 0.25) is 0 Å². The number of rotatable bonds is 3.